The largest absolute Gasteiger partial charge is 0.392 e. The van der Waals surface area contributed by atoms with Crippen molar-refractivity contribution >= 4 is 38.9 Å². The SMILES string of the molecule is CC(=O)Nc1ccc(S(=O)(=O)Nc2ccc(Cl)cc2CO)cc1. The van der Waals surface area contributed by atoms with E-state index in [-0.39, 0.29) is 23.1 Å². The van der Waals surface area contributed by atoms with Gasteiger partial charge < -0.3 is 10.4 Å². The minimum atomic E-state index is -3.82. The molecule has 2 aromatic carbocycles. The van der Waals surface area contributed by atoms with Crippen LogP contribution in [0.3, 0.4) is 0 Å². The van der Waals surface area contributed by atoms with Crippen LogP contribution in [0.15, 0.2) is 47.4 Å². The quantitative estimate of drug-likeness (QED) is 0.769. The highest BCUT2D eigenvalue weighted by molar-refractivity contribution is 7.92. The van der Waals surface area contributed by atoms with Crippen molar-refractivity contribution in [2.24, 2.45) is 0 Å². The molecule has 2 aromatic rings. The zero-order chi connectivity index (χ0) is 17.0. The number of hydrogen-bond acceptors (Lipinski definition) is 4. The number of carbonyl (C=O) groups excluding carboxylic acids is 1. The second-order valence-electron chi connectivity index (χ2n) is 4.77. The lowest BCUT2D eigenvalue weighted by Gasteiger charge is -2.12. The Morgan fingerprint density at radius 3 is 2.39 bits per heavy atom. The number of sulfonamides is 1. The predicted molar refractivity (Wildman–Crippen MR) is 88.9 cm³/mol. The number of aliphatic hydroxyl groups excluding tert-OH is 1. The van der Waals surface area contributed by atoms with E-state index in [1.54, 1.807) is 0 Å². The smallest absolute Gasteiger partial charge is 0.261 e. The third-order valence-electron chi connectivity index (χ3n) is 2.97. The Labute approximate surface area is 139 Å². The van der Waals surface area contributed by atoms with Crippen LogP contribution in [-0.4, -0.2) is 19.4 Å². The summed E-state index contributed by atoms with van der Waals surface area (Å²) in [5.74, 6) is -0.243. The number of nitrogens with one attached hydrogen (secondary N) is 2. The molecule has 0 spiro atoms. The lowest BCUT2D eigenvalue weighted by atomic mass is 10.2. The van der Waals surface area contributed by atoms with Gasteiger partial charge in [0.15, 0.2) is 0 Å². The normalized spacial score (nSPS) is 11.1. The highest BCUT2D eigenvalue weighted by Crippen LogP contribution is 2.24. The Bertz CT molecular complexity index is 820. The van der Waals surface area contributed by atoms with E-state index in [0.29, 0.717) is 16.3 Å². The third-order valence-corrected chi connectivity index (χ3v) is 4.58. The van der Waals surface area contributed by atoms with Gasteiger partial charge in [0.1, 0.15) is 0 Å². The Hall–Kier alpha value is -2.09. The molecule has 0 bridgehead atoms. The monoisotopic (exact) mass is 354 g/mol. The second kappa shape index (κ2) is 6.99. The zero-order valence-corrected chi connectivity index (χ0v) is 13.8. The van der Waals surface area contributed by atoms with E-state index in [4.69, 9.17) is 11.6 Å². The summed E-state index contributed by atoms with van der Waals surface area (Å²) < 4.78 is 27.2. The molecule has 0 aliphatic rings. The fraction of sp³-hybridized carbons (Fsp3) is 0.133. The lowest BCUT2D eigenvalue weighted by molar-refractivity contribution is -0.114. The summed E-state index contributed by atoms with van der Waals surface area (Å²) in [6.45, 7) is 1.02. The first-order chi connectivity index (χ1) is 10.8. The molecule has 0 aliphatic heterocycles. The molecule has 0 aromatic heterocycles. The van der Waals surface area contributed by atoms with E-state index in [1.165, 1.54) is 49.4 Å². The molecular weight excluding hydrogens is 340 g/mol. The van der Waals surface area contributed by atoms with Crippen LogP contribution in [0, 0.1) is 0 Å². The maximum Gasteiger partial charge on any atom is 0.261 e. The number of anilines is 2. The Morgan fingerprint density at radius 2 is 1.83 bits per heavy atom. The molecule has 8 heteroatoms. The van der Waals surface area contributed by atoms with Gasteiger partial charge in [-0.2, -0.15) is 0 Å². The molecule has 23 heavy (non-hydrogen) atoms. The average Bonchev–Trinajstić information content (AvgIpc) is 2.49. The van der Waals surface area contributed by atoms with E-state index < -0.39 is 10.0 Å². The molecule has 0 fully saturated rings. The molecule has 0 unspecified atom stereocenters. The summed E-state index contributed by atoms with van der Waals surface area (Å²) in [5, 5.41) is 12.3. The highest BCUT2D eigenvalue weighted by atomic mass is 35.5. The molecule has 122 valence electrons. The van der Waals surface area contributed by atoms with Gasteiger partial charge in [0, 0.05) is 23.2 Å². The Morgan fingerprint density at radius 1 is 1.17 bits per heavy atom. The van der Waals surface area contributed by atoms with Crippen molar-refractivity contribution in [3.63, 3.8) is 0 Å². The Kier molecular flexibility index (Phi) is 5.25. The van der Waals surface area contributed by atoms with Crippen LogP contribution in [-0.2, 0) is 21.4 Å². The molecule has 0 saturated carbocycles. The summed E-state index contributed by atoms with van der Waals surface area (Å²) in [4.78, 5) is 11.0. The first-order valence-corrected chi connectivity index (χ1v) is 8.47. The van der Waals surface area contributed by atoms with Crippen LogP contribution in [0.1, 0.15) is 12.5 Å². The number of halogens is 1. The molecule has 0 saturated heterocycles. The van der Waals surface area contributed by atoms with Crippen molar-refractivity contribution in [1.82, 2.24) is 0 Å². The van der Waals surface area contributed by atoms with Crippen LogP contribution in [0.4, 0.5) is 11.4 Å². The fourth-order valence-electron chi connectivity index (χ4n) is 1.92. The first-order valence-electron chi connectivity index (χ1n) is 6.61. The summed E-state index contributed by atoms with van der Waals surface area (Å²) >= 11 is 5.82. The van der Waals surface area contributed by atoms with Gasteiger partial charge in [0.25, 0.3) is 10.0 Å². The highest BCUT2D eigenvalue weighted by Gasteiger charge is 2.16. The van der Waals surface area contributed by atoms with Crippen LogP contribution in [0.5, 0.6) is 0 Å². The van der Waals surface area contributed by atoms with Gasteiger partial charge in [0.2, 0.25) is 5.91 Å². The van der Waals surface area contributed by atoms with Crippen LogP contribution in [0.25, 0.3) is 0 Å². The van der Waals surface area contributed by atoms with E-state index in [0.717, 1.165) is 0 Å². The van der Waals surface area contributed by atoms with Crippen molar-refractivity contribution in [1.29, 1.82) is 0 Å². The number of carbonyl (C=O) groups is 1. The van der Waals surface area contributed by atoms with E-state index >= 15 is 0 Å². The summed E-state index contributed by atoms with van der Waals surface area (Å²) in [6.07, 6.45) is 0. The van der Waals surface area contributed by atoms with Crippen molar-refractivity contribution < 1.29 is 18.3 Å². The van der Waals surface area contributed by atoms with Crippen molar-refractivity contribution in [3.8, 4) is 0 Å². The standard InChI is InChI=1S/C15H15ClN2O4S/c1-10(20)17-13-3-5-14(6-4-13)23(21,22)18-15-7-2-12(16)8-11(15)9-19/h2-8,18-19H,9H2,1H3,(H,17,20). The fourth-order valence-corrected chi connectivity index (χ4v) is 3.21. The molecule has 1 amide bonds. The first kappa shape index (κ1) is 17.3. The number of benzene rings is 2. The molecule has 0 atom stereocenters. The molecular formula is C15H15ClN2O4S. The van der Waals surface area contributed by atoms with E-state index in [1.807, 2.05) is 0 Å². The maximum absolute atomic E-state index is 12.4. The van der Waals surface area contributed by atoms with E-state index in [2.05, 4.69) is 10.0 Å². The molecule has 0 radical (unpaired) electrons. The van der Waals surface area contributed by atoms with Crippen molar-refractivity contribution in [3.05, 3.63) is 53.1 Å². The molecule has 0 heterocycles. The van der Waals surface area contributed by atoms with Crippen LogP contribution in [0.2, 0.25) is 5.02 Å². The summed E-state index contributed by atoms with van der Waals surface area (Å²) in [7, 11) is -3.82. The zero-order valence-electron chi connectivity index (χ0n) is 12.2. The second-order valence-corrected chi connectivity index (χ2v) is 6.89. The summed E-state index contributed by atoms with van der Waals surface area (Å²) in [5.41, 5.74) is 1.12. The van der Waals surface area contributed by atoms with Gasteiger partial charge in [-0.25, -0.2) is 8.42 Å². The van der Waals surface area contributed by atoms with Gasteiger partial charge in [-0.1, -0.05) is 11.6 Å². The molecule has 2 rings (SSSR count). The van der Waals surface area contributed by atoms with Gasteiger partial charge in [-0.15, -0.1) is 0 Å². The molecule has 3 N–H and O–H groups in total. The predicted octanol–water partition coefficient (Wildman–Crippen LogP) is 2.59. The van der Waals surface area contributed by atoms with Gasteiger partial charge >= 0.3 is 0 Å². The van der Waals surface area contributed by atoms with Crippen LogP contribution >= 0.6 is 11.6 Å². The van der Waals surface area contributed by atoms with Gasteiger partial charge in [-0.3, -0.25) is 9.52 Å². The van der Waals surface area contributed by atoms with Gasteiger partial charge in [0.05, 0.1) is 17.2 Å². The number of hydrogen-bond donors (Lipinski definition) is 3. The molecule has 0 aliphatic carbocycles. The van der Waals surface area contributed by atoms with Gasteiger partial charge in [-0.05, 0) is 42.5 Å². The topological polar surface area (TPSA) is 95.5 Å². The minimum absolute atomic E-state index is 0.0328. The van der Waals surface area contributed by atoms with Crippen LogP contribution < -0.4 is 10.0 Å². The number of amides is 1. The average molecular weight is 355 g/mol. The third kappa shape index (κ3) is 4.44. The van der Waals surface area contributed by atoms with Crippen molar-refractivity contribution in [2.75, 3.05) is 10.0 Å². The number of aliphatic hydroxyl groups is 1. The summed E-state index contributed by atoms with van der Waals surface area (Å²) in [6, 6.07) is 10.2. The maximum atomic E-state index is 12.4. The van der Waals surface area contributed by atoms with E-state index in [9.17, 15) is 18.3 Å². The molecule has 6 nitrogen and oxygen atoms in total. The minimum Gasteiger partial charge on any atom is -0.392 e. The van der Waals surface area contributed by atoms with Crippen molar-refractivity contribution in [2.45, 2.75) is 18.4 Å². The lowest BCUT2D eigenvalue weighted by Crippen LogP contribution is -2.14. The number of rotatable bonds is 5. The Balaban J connectivity index is 2.27.